The van der Waals surface area contributed by atoms with E-state index in [1.54, 1.807) is 30.3 Å². The quantitative estimate of drug-likeness (QED) is 0.204. The Morgan fingerprint density at radius 3 is 2.46 bits per heavy atom. The number of rotatable bonds is 9. The van der Waals surface area contributed by atoms with Gasteiger partial charge in [0.1, 0.15) is 11.5 Å². The van der Waals surface area contributed by atoms with E-state index in [0.29, 0.717) is 24.0 Å². The summed E-state index contributed by atoms with van der Waals surface area (Å²) in [5.41, 5.74) is 0.752. The van der Waals surface area contributed by atoms with Gasteiger partial charge in [-0.15, -0.1) is 0 Å². The van der Waals surface area contributed by atoms with E-state index < -0.39 is 5.97 Å². The lowest BCUT2D eigenvalue weighted by Crippen LogP contribution is -2.10. The van der Waals surface area contributed by atoms with Crippen LogP contribution in [0.25, 0.3) is 10.8 Å². The second-order valence-electron chi connectivity index (χ2n) is 6.65. The van der Waals surface area contributed by atoms with Crippen molar-refractivity contribution in [2.75, 3.05) is 6.61 Å². The summed E-state index contributed by atoms with van der Waals surface area (Å²) in [5, 5.41) is 1.63. The number of benzene rings is 3. The number of hydrogen-bond acceptors (Lipinski definition) is 4. The first kappa shape index (κ1) is 19.6. The number of fused-ring (bicyclic) bond motifs is 1. The first-order chi connectivity index (χ1) is 13.7. The molecule has 4 nitrogen and oxygen atoms in total. The van der Waals surface area contributed by atoms with Gasteiger partial charge in [-0.05, 0) is 42.1 Å². The standard InChI is InChI=1S/C24H24O4/c1-2-3-4-7-16-27-21-14-12-19(13-15-21)24(26)28-23-20(17-25)11-10-18-8-5-6-9-22(18)23/h5-6,8-15,17H,2-4,7,16H2,1H3. The number of ether oxygens (including phenoxy) is 2. The molecule has 0 amide bonds. The van der Waals surface area contributed by atoms with Gasteiger partial charge < -0.3 is 9.47 Å². The van der Waals surface area contributed by atoms with Crippen LogP contribution in [0.3, 0.4) is 0 Å². The maximum atomic E-state index is 12.6. The van der Waals surface area contributed by atoms with Crippen molar-refractivity contribution in [3.05, 3.63) is 71.8 Å². The van der Waals surface area contributed by atoms with Gasteiger partial charge in [-0.3, -0.25) is 4.79 Å². The molecule has 4 heteroatoms. The fourth-order valence-electron chi connectivity index (χ4n) is 3.02. The number of carbonyl (C=O) groups excluding carboxylic acids is 2. The summed E-state index contributed by atoms with van der Waals surface area (Å²) in [5.74, 6) is 0.509. The van der Waals surface area contributed by atoms with Crippen molar-refractivity contribution in [3.8, 4) is 11.5 Å². The van der Waals surface area contributed by atoms with Gasteiger partial charge in [-0.1, -0.05) is 56.5 Å². The Balaban J connectivity index is 1.70. The second-order valence-corrected chi connectivity index (χ2v) is 6.65. The van der Waals surface area contributed by atoms with E-state index in [0.717, 1.165) is 29.4 Å². The lowest BCUT2D eigenvalue weighted by atomic mass is 10.1. The molecule has 0 aromatic heterocycles. The summed E-state index contributed by atoms with van der Waals surface area (Å²) < 4.78 is 11.3. The highest BCUT2D eigenvalue weighted by Gasteiger charge is 2.15. The maximum Gasteiger partial charge on any atom is 0.343 e. The van der Waals surface area contributed by atoms with Gasteiger partial charge in [0.25, 0.3) is 0 Å². The van der Waals surface area contributed by atoms with E-state index in [-0.39, 0.29) is 5.75 Å². The van der Waals surface area contributed by atoms with Crippen molar-refractivity contribution in [2.45, 2.75) is 32.6 Å². The third kappa shape index (κ3) is 4.77. The average Bonchev–Trinajstić information content (AvgIpc) is 2.74. The van der Waals surface area contributed by atoms with Crippen LogP contribution in [-0.4, -0.2) is 18.9 Å². The Kier molecular flexibility index (Phi) is 6.79. The Hall–Kier alpha value is -3.14. The molecule has 0 aliphatic rings. The van der Waals surface area contributed by atoms with E-state index in [1.807, 2.05) is 30.3 Å². The van der Waals surface area contributed by atoms with E-state index in [4.69, 9.17) is 9.47 Å². The smallest absolute Gasteiger partial charge is 0.343 e. The van der Waals surface area contributed by atoms with Crippen LogP contribution in [0.2, 0.25) is 0 Å². The van der Waals surface area contributed by atoms with Crippen molar-refractivity contribution in [2.24, 2.45) is 0 Å². The van der Waals surface area contributed by atoms with Crippen molar-refractivity contribution >= 4 is 23.0 Å². The SMILES string of the molecule is CCCCCCOc1ccc(C(=O)Oc2c(C=O)ccc3ccccc23)cc1. The predicted octanol–water partition coefficient (Wildman–Crippen LogP) is 5.83. The van der Waals surface area contributed by atoms with Crippen molar-refractivity contribution in [1.29, 1.82) is 0 Å². The molecule has 0 bridgehead atoms. The molecule has 0 saturated carbocycles. The summed E-state index contributed by atoms with van der Waals surface area (Å²) in [7, 11) is 0. The first-order valence-electron chi connectivity index (χ1n) is 9.65. The van der Waals surface area contributed by atoms with Crippen LogP contribution in [0, 0.1) is 0 Å². The normalized spacial score (nSPS) is 10.6. The minimum atomic E-state index is -0.506. The van der Waals surface area contributed by atoms with E-state index >= 15 is 0 Å². The molecule has 3 rings (SSSR count). The molecule has 0 unspecified atom stereocenters. The van der Waals surface area contributed by atoms with Crippen LogP contribution in [0.15, 0.2) is 60.7 Å². The largest absolute Gasteiger partial charge is 0.494 e. The molecule has 3 aromatic carbocycles. The molecule has 0 N–H and O–H groups in total. The molecule has 0 spiro atoms. The molecule has 0 aliphatic carbocycles. The van der Waals surface area contributed by atoms with Crippen molar-refractivity contribution in [3.63, 3.8) is 0 Å². The summed E-state index contributed by atoms with van der Waals surface area (Å²) in [6.45, 7) is 2.84. The van der Waals surface area contributed by atoms with Crippen LogP contribution in [0.1, 0.15) is 53.3 Å². The number of unbranched alkanes of at least 4 members (excludes halogenated alkanes) is 3. The number of esters is 1. The monoisotopic (exact) mass is 376 g/mol. The van der Waals surface area contributed by atoms with Gasteiger partial charge in [-0.2, -0.15) is 0 Å². The third-order valence-corrected chi connectivity index (χ3v) is 4.59. The van der Waals surface area contributed by atoms with Gasteiger partial charge in [0.05, 0.1) is 17.7 Å². The van der Waals surface area contributed by atoms with Gasteiger partial charge >= 0.3 is 5.97 Å². The molecule has 0 fully saturated rings. The predicted molar refractivity (Wildman–Crippen MR) is 110 cm³/mol. The molecular formula is C24H24O4. The zero-order valence-electron chi connectivity index (χ0n) is 16.0. The van der Waals surface area contributed by atoms with Gasteiger partial charge in [0.2, 0.25) is 0 Å². The maximum absolute atomic E-state index is 12.6. The van der Waals surface area contributed by atoms with Gasteiger partial charge in [0, 0.05) is 5.39 Å². The van der Waals surface area contributed by atoms with Crippen molar-refractivity contribution < 1.29 is 19.1 Å². The fraction of sp³-hybridized carbons (Fsp3) is 0.250. The van der Waals surface area contributed by atoms with E-state index in [1.165, 1.54) is 12.8 Å². The van der Waals surface area contributed by atoms with Crippen molar-refractivity contribution in [1.82, 2.24) is 0 Å². The fourth-order valence-corrected chi connectivity index (χ4v) is 3.02. The minimum Gasteiger partial charge on any atom is -0.494 e. The molecular weight excluding hydrogens is 352 g/mol. The topological polar surface area (TPSA) is 52.6 Å². The van der Waals surface area contributed by atoms with Crippen LogP contribution < -0.4 is 9.47 Å². The Labute approximate surface area is 165 Å². The highest BCUT2D eigenvalue weighted by molar-refractivity contribution is 6.00. The summed E-state index contributed by atoms with van der Waals surface area (Å²) in [6.07, 6.45) is 5.28. The number of aldehydes is 1. The second kappa shape index (κ2) is 9.70. The number of carbonyl (C=O) groups is 2. The molecule has 0 aliphatic heterocycles. The van der Waals surface area contributed by atoms with Gasteiger partial charge in [0.15, 0.2) is 6.29 Å². The third-order valence-electron chi connectivity index (χ3n) is 4.59. The van der Waals surface area contributed by atoms with Crippen LogP contribution in [-0.2, 0) is 0 Å². The molecule has 0 radical (unpaired) electrons. The molecule has 3 aromatic rings. The van der Waals surface area contributed by atoms with Crippen LogP contribution >= 0.6 is 0 Å². The van der Waals surface area contributed by atoms with Gasteiger partial charge in [-0.25, -0.2) is 4.79 Å². The van der Waals surface area contributed by atoms with E-state index in [9.17, 15) is 9.59 Å². The molecule has 28 heavy (non-hydrogen) atoms. The van der Waals surface area contributed by atoms with Crippen LogP contribution in [0.4, 0.5) is 0 Å². The average molecular weight is 376 g/mol. The summed E-state index contributed by atoms with van der Waals surface area (Å²) in [6, 6.07) is 17.9. The highest BCUT2D eigenvalue weighted by atomic mass is 16.5. The minimum absolute atomic E-state index is 0.286. The Bertz CT molecular complexity index is 944. The molecule has 0 atom stereocenters. The Morgan fingerprint density at radius 1 is 0.929 bits per heavy atom. The number of hydrogen-bond donors (Lipinski definition) is 0. The Morgan fingerprint density at radius 2 is 1.71 bits per heavy atom. The summed E-state index contributed by atoms with van der Waals surface area (Å²) in [4.78, 5) is 24.0. The lowest BCUT2D eigenvalue weighted by molar-refractivity contribution is 0.0736. The lowest BCUT2D eigenvalue weighted by Gasteiger charge is -2.11. The molecule has 0 saturated heterocycles. The molecule has 0 heterocycles. The molecule has 144 valence electrons. The first-order valence-corrected chi connectivity index (χ1v) is 9.65. The summed E-state index contributed by atoms with van der Waals surface area (Å²) >= 11 is 0. The van der Waals surface area contributed by atoms with Crippen LogP contribution in [0.5, 0.6) is 11.5 Å². The zero-order chi connectivity index (χ0) is 19.8. The zero-order valence-corrected chi connectivity index (χ0v) is 16.0. The highest BCUT2D eigenvalue weighted by Crippen LogP contribution is 2.29. The van der Waals surface area contributed by atoms with E-state index in [2.05, 4.69) is 6.92 Å².